The molecule has 0 spiro atoms. The predicted octanol–water partition coefficient (Wildman–Crippen LogP) is 5.87. The first-order chi connectivity index (χ1) is 13.7. The van der Waals surface area contributed by atoms with E-state index in [1.54, 1.807) is 29.4 Å². The highest BCUT2D eigenvalue weighted by Crippen LogP contribution is 2.41. The van der Waals surface area contributed by atoms with Gasteiger partial charge in [0, 0.05) is 82.9 Å². The summed E-state index contributed by atoms with van der Waals surface area (Å²) >= 11 is 5.37. The number of carbonyl (C=O) groups is 1. The number of pyridine rings is 1. The Balaban J connectivity index is 2.01. The molecule has 0 atom stereocenters. The average molecular weight is 603 g/mol. The Morgan fingerprint density at radius 1 is 1.34 bits per heavy atom. The number of halogens is 5. The van der Waals surface area contributed by atoms with Crippen LogP contribution in [0.15, 0.2) is 29.1 Å². The third-order valence-electron chi connectivity index (χ3n) is 4.05. The third kappa shape index (κ3) is 5.08. The molecule has 3 aromatic rings. The molecule has 0 unspecified atom stereocenters. The molecule has 3 heterocycles. The smallest absolute Gasteiger partial charge is 0.435 e. The third-order valence-corrected chi connectivity index (χ3v) is 6.18. The lowest BCUT2D eigenvalue weighted by molar-refractivity contribution is -0.143. The van der Waals surface area contributed by atoms with Crippen molar-refractivity contribution in [3.05, 3.63) is 34.8 Å². The fourth-order valence-corrected chi connectivity index (χ4v) is 4.47. The van der Waals surface area contributed by atoms with Gasteiger partial charge in [-0.2, -0.15) is 18.3 Å². The largest absolute Gasteiger partial charge is 0.466 e. The first-order valence-electron chi connectivity index (χ1n) is 8.51. The van der Waals surface area contributed by atoms with Crippen LogP contribution >= 0.6 is 46.3 Å². The molecule has 29 heavy (non-hydrogen) atoms. The van der Waals surface area contributed by atoms with Gasteiger partial charge in [0.25, 0.3) is 0 Å². The zero-order chi connectivity index (χ0) is 21.2. The molecule has 0 fully saturated rings. The van der Waals surface area contributed by atoms with E-state index in [1.807, 2.05) is 21.2 Å². The van der Waals surface area contributed by atoms with E-state index < -0.39 is 11.9 Å². The van der Waals surface area contributed by atoms with Crippen molar-refractivity contribution in [2.75, 3.05) is 6.61 Å². The molecule has 0 radical (unpaired) electrons. The topological polar surface area (TPSA) is 61.9 Å². The van der Waals surface area contributed by atoms with E-state index in [2.05, 4.69) is 26.0 Å². The number of aromatic nitrogens is 4. The van der Waals surface area contributed by atoms with Gasteiger partial charge in [-0.25, -0.2) is 4.98 Å². The van der Waals surface area contributed by atoms with Gasteiger partial charge in [0.1, 0.15) is 0 Å². The summed E-state index contributed by atoms with van der Waals surface area (Å²) in [7, 11) is 1.31. The molecule has 12 heteroatoms. The number of alkyl halides is 3. The minimum absolute atomic E-state index is 0.0252. The summed E-state index contributed by atoms with van der Waals surface area (Å²) in [6.45, 7) is 2.14. The Morgan fingerprint density at radius 3 is 2.76 bits per heavy atom. The molecule has 0 N–H and O–H groups in total. The van der Waals surface area contributed by atoms with E-state index in [0.29, 0.717) is 27.5 Å². The zero-order valence-corrected chi connectivity index (χ0v) is 19.6. The van der Waals surface area contributed by atoms with Crippen LogP contribution in [-0.2, 0) is 22.3 Å². The van der Waals surface area contributed by atoms with E-state index >= 15 is 0 Å². The molecular weight excluding hydrogens is 588 g/mol. The summed E-state index contributed by atoms with van der Waals surface area (Å²) in [5.74, 6) is -0.381. The Morgan fingerprint density at radius 2 is 2.10 bits per heavy atom. The first kappa shape index (κ1) is 22.4. The molecule has 0 aliphatic heterocycles. The second-order valence-corrected chi connectivity index (χ2v) is 8.65. The minimum atomic E-state index is -4.62. The predicted molar refractivity (Wildman–Crippen MR) is 117 cm³/mol. The van der Waals surface area contributed by atoms with Crippen LogP contribution in [0.1, 0.15) is 25.5 Å². The van der Waals surface area contributed by atoms with E-state index in [-0.39, 0.29) is 31.1 Å². The lowest BCUT2D eigenvalue weighted by Gasteiger charge is -2.05. The van der Waals surface area contributed by atoms with Gasteiger partial charge in [-0.05, 0) is 35.3 Å². The first-order valence-corrected chi connectivity index (χ1v) is 12.6. The maximum Gasteiger partial charge on any atom is 0.435 e. The molecule has 0 aliphatic carbocycles. The lowest BCUT2D eigenvalue weighted by Crippen LogP contribution is -2.10. The quantitative estimate of drug-likeness (QED) is 0.250. The molecular formula is C17H15BrF3IN4O2S. The minimum Gasteiger partial charge on any atom is -0.466 e. The zero-order valence-electron chi connectivity index (χ0n) is 15.0. The summed E-state index contributed by atoms with van der Waals surface area (Å²) in [6, 6.07) is 1.74. The fourth-order valence-electron chi connectivity index (χ4n) is 2.88. The number of ether oxygens (including phenoxy) is 1. The van der Waals surface area contributed by atoms with Gasteiger partial charge >= 0.3 is 12.1 Å². The lowest BCUT2D eigenvalue weighted by atomic mass is 10.1. The van der Waals surface area contributed by atoms with Crippen molar-refractivity contribution in [2.45, 2.75) is 32.5 Å². The molecule has 3 rings (SSSR count). The van der Waals surface area contributed by atoms with E-state index in [9.17, 15) is 18.0 Å². The van der Waals surface area contributed by atoms with E-state index in [4.69, 9.17) is 4.74 Å². The monoisotopic (exact) mass is 602 g/mol. The van der Waals surface area contributed by atoms with Crippen LogP contribution in [0.3, 0.4) is 0 Å². The maximum absolute atomic E-state index is 13.7. The summed E-state index contributed by atoms with van der Waals surface area (Å²) in [5.41, 5.74) is -0.0402. The number of fused-ring (bicyclic) bond motifs is 1. The van der Waals surface area contributed by atoms with Crippen LogP contribution in [0, 0.1) is 0 Å². The maximum atomic E-state index is 13.7. The summed E-state index contributed by atoms with van der Waals surface area (Å²) < 4.78 is 49.5. The van der Waals surface area contributed by atoms with Gasteiger partial charge < -0.3 is 4.74 Å². The highest BCUT2D eigenvalue weighted by molar-refractivity contribution is 14.2. The van der Waals surface area contributed by atoms with E-state index in [0.717, 1.165) is 0 Å². The number of nitrogens with zero attached hydrogens (tertiary/aromatic N) is 4. The van der Waals surface area contributed by atoms with Crippen LogP contribution in [0.25, 0.3) is 22.2 Å². The second-order valence-electron chi connectivity index (χ2n) is 6.02. The number of hydrogen-bond acceptors (Lipinski definition) is 5. The van der Waals surface area contributed by atoms with Crippen molar-refractivity contribution >= 4 is 63.3 Å². The van der Waals surface area contributed by atoms with Crippen molar-refractivity contribution < 1.29 is 22.7 Å². The van der Waals surface area contributed by atoms with Crippen molar-refractivity contribution in [3.63, 3.8) is 0 Å². The van der Waals surface area contributed by atoms with Crippen LogP contribution in [0.2, 0.25) is 0 Å². The van der Waals surface area contributed by atoms with Crippen molar-refractivity contribution in [2.24, 2.45) is 0 Å². The Bertz CT molecular complexity index is 1040. The standard InChI is InChI=1S/C17H15BrF3IN4O2S/c1-2-28-14(27)4-3-5-25-8-13(15(24-25)17(19,20)21)12-9-26(29-22)16-11(12)6-10(18)7-23-16/h6-9H,2-5H2,1H3. The van der Waals surface area contributed by atoms with Crippen LogP contribution in [0.5, 0.6) is 0 Å². The Kier molecular flexibility index (Phi) is 7.14. The second kappa shape index (κ2) is 9.25. The van der Waals surface area contributed by atoms with E-state index in [1.165, 1.54) is 20.0 Å². The van der Waals surface area contributed by atoms with Crippen LogP contribution in [0.4, 0.5) is 13.2 Å². The molecule has 0 aromatic carbocycles. The molecule has 0 bridgehead atoms. The van der Waals surface area contributed by atoms with Crippen LogP contribution < -0.4 is 0 Å². The van der Waals surface area contributed by atoms with Crippen LogP contribution in [-0.4, -0.2) is 31.3 Å². The molecule has 0 amide bonds. The fraction of sp³-hybridized carbons (Fsp3) is 0.353. The number of esters is 1. The normalized spacial score (nSPS) is 11.9. The molecule has 0 saturated carbocycles. The average Bonchev–Trinajstić information content (AvgIpc) is 3.22. The number of carbonyl (C=O) groups excluding carboxylic acids is 1. The SMILES string of the molecule is CCOC(=O)CCCn1cc(-c2cn(SI)c3ncc(Br)cc23)c(C(F)(F)F)n1. The summed E-state index contributed by atoms with van der Waals surface area (Å²) in [4.78, 5) is 15.8. The molecule has 3 aromatic heterocycles. The Hall–Kier alpha value is -1.28. The van der Waals surface area contributed by atoms with Gasteiger partial charge in [0.2, 0.25) is 0 Å². The van der Waals surface area contributed by atoms with Gasteiger partial charge in [-0.15, -0.1) is 0 Å². The van der Waals surface area contributed by atoms with Crippen molar-refractivity contribution in [3.8, 4) is 11.1 Å². The van der Waals surface area contributed by atoms with Gasteiger partial charge in [0.05, 0.1) is 6.61 Å². The molecule has 0 aliphatic rings. The van der Waals surface area contributed by atoms with Crippen molar-refractivity contribution in [1.82, 2.24) is 18.7 Å². The van der Waals surface area contributed by atoms with Crippen molar-refractivity contribution in [1.29, 1.82) is 0 Å². The summed E-state index contributed by atoms with van der Waals surface area (Å²) in [5, 5.41) is 4.34. The number of rotatable bonds is 7. The van der Waals surface area contributed by atoms with Gasteiger partial charge in [-0.1, -0.05) is 0 Å². The highest BCUT2D eigenvalue weighted by atomic mass is 127. The van der Waals surface area contributed by atoms with Gasteiger partial charge in [0.15, 0.2) is 11.3 Å². The molecule has 6 nitrogen and oxygen atoms in total. The Labute approximate surface area is 189 Å². The summed E-state index contributed by atoms with van der Waals surface area (Å²) in [6.07, 6.45) is 0.413. The molecule has 156 valence electrons. The number of hydrogen-bond donors (Lipinski definition) is 0. The highest BCUT2D eigenvalue weighted by Gasteiger charge is 2.38. The number of aryl methyl sites for hydroxylation is 1. The van der Waals surface area contributed by atoms with Gasteiger partial charge in [-0.3, -0.25) is 13.4 Å². The molecule has 0 saturated heterocycles.